The Morgan fingerprint density at radius 3 is 2.67 bits per heavy atom. The van der Waals surface area contributed by atoms with E-state index in [0.29, 0.717) is 18.7 Å². The predicted octanol–water partition coefficient (Wildman–Crippen LogP) is 3.61. The molecule has 2 aromatic carbocycles. The second kappa shape index (κ2) is 5.60. The third-order valence-corrected chi connectivity index (χ3v) is 3.88. The Bertz CT molecular complexity index is 661. The second-order valence-corrected chi connectivity index (χ2v) is 5.57. The molecule has 0 bridgehead atoms. The van der Waals surface area contributed by atoms with E-state index in [0.717, 1.165) is 17.0 Å². The molecule has 1 N–H and O–H groups in total. The van der Waals surface area contributed by atoms with Gasteiger partial charge in [0, 0.05) is 12.2 Å². The van der Waals surface area contributed by atoms with E-state index in [1.807, 2.05) is 37.3 Å². The highest BCUT2D eigenvalue weighted by molar-refractivity contribution is 6.02. The Morgan fingerprint density at radius 2 is 1.90 bits per heavy atom. The van der Waals surface area contributed by atoms with E-state index in [9.17, 15) is 4.79 Å². The fourth-order valence-corrected chi connectivity index (χ4v) is 2.58. The van der Waals surface area contributed by atoms with Gasteiger partial charge in [-0.3, -0.25) is 4.79 Å². The average molecular weight is 281 g/mol. The molecule has 1 heterocycles. The molecule has 3 heteroatoms. The van der Waals surface area contributed by atoms with Crippen molar-refractivity contribution in [1.82, 2.24) is 0 Å². The predicted molar refractivity (Wildman–Crippen MR) is 84.2 cm³/mol. The van der Waals surface area contributed by atoms with Gasteiger partial charge in [-0.15, -0.1) is 0 Å². The first kappa shape index (κ1) is 13.7. The summed E-state index contributed by atoms with van der Waals surface area (Å²) in [6.07, 6.45) is 0. The Balaban J connectivity index is 1.71. The highest BCUT2D eigenvalue weighted by atomic mass is 16.5. The molecule has 0 aromatic heterocycles. The largest absolute Gasteiger partial charge is 0.492 e. The van der Waals surface area contributed by atoms with Gasteiger partial charge in [-0.1, -0.05) is 29.8 Å². The number of fused-ring (bicyclic) bond motifs is 1. The molecule has 0 saturated carbocycles. The van der Waals surface area contributed by atoms with Crippen molar-refractivity contribution in [1.29, 1.82) is 0 Å². The number of para-hydroxylation sites is 1. The number of aryl methyl sites for hydroxylation is 2. The lowest BCUT2D eigenvalue weighted by Gasteiger charge is -2.25. The Labute approximate surface area is 124 Å². The van der Waals surface area contributed by atoms with Crippen molar-refractivity contribution < 1.29 is 9.53 Å². The van der Waals surface area contributed by atoms with Crippen LogP contribution in [-0.4, -0.2) is 18.9 Å². The van der Waals surface area contributed by atoms with Crippen molar-refractivity contribution in [3.05, 3.63) is 59.2 Å². The Hall–Kier alpha value is -2.29. The lowest BCUT2D eigenvalue weighted by atomic mass is 9.93. The van der Waals surface area contributed by atoms with E-state index in [4.69, 9.17) is 4.74 Å². The summed E-state index contributed by atoms with van der Waals surface area (Å²) in [5.74, 6) is 0.772. The molecule has 0 fully saturated rings. The van der Waals surface area contributed by atoms with Crippen LogP contribution in [0, 0.1) is 19.8 Å². The van der Waals surface area contributed by atoms with Crippen molar-refractivity contribution in [2.24, 2.45) is 5.92 Å². The maximum atomic E-state index is 12.5. The molecule has 3 rings (SSSR count). The molecular formula is C18H19NO2. The topological polar surface area (TPSA) is 38.3 Å². The summed E-state index contributed by atoms with van der Waals surface area (Å²) in [5, 5.41) is 3.32. The molecule has 1 aliphatic heterocycles. The average Bonchev–Trinajstić information content (AvgIpc) is 2.49. The minimum atomic E-state index is -0.138. The summed E-state index contributed by atoms with van der Waals surface area (Å²) in [6, 6.07) is 13.9. The number of carbonyl (C=O) groups is 1. The van der Waals surface area contributed by atoms with Crippen LogP contribution in [0.3, 0.4) is 0 Å². The fraction of sp³-hybridized carbons (Fsp3) is 0.278. The number of nitrogens with one attached hydrogen (secondary N) is 1. The number of benzene rings is 2. The number of hydrogen-bond acceptors (Lipinski definition) is 3. The minimum absolute atomic E-state index is 0.138. The Kier molecular flexibility index (Phi) is 3.65. The monoisotopic (exact) mass is 281 g/mol. The summed E-state index contributed by atoms with van der Waals surface area (Å²) in [4.78, 5) is 12.5. The molecule has 0 radical (unpaired) electrons. The minimum Gasteiger partial charge on any atom is -0.492 e. The summed E-state index contributed by atoms with van der Waals surface area (Å²) < 4.78 is 5.78. The maximum Gasteiger partial charge on any atom is 0.174 e. The van der Waals surface area contributed by atoms with Crippen LogP contribution in [-0.2, 0) is 0 Å². The van der Waals surface area contributed by atoms with Crippen LogP contribution in [0.25, 0.3) is 0 Å². The number of anilines is 1. The summed E-state index contributed by atoms with van der Waals surface area (Å²) in [7, 11) is 0. The third kappa shape index (κ3) is 2.77. The van der Waals surface area contributed by atoms with Gasteiger partial charge in [0.05, 0.1) is 11.5 Å². The molecule has 1 aliphatic rings. The summed E-state index contributed by atoms with van der Waals surface area (Å²) >= 11 is 0. The van der Waals surface area contributed by atoms with Crippen LogP contribution >= 0.6 is 0 Å². The van der Waals surface area contributed by atoms with Gasteiger partial charge in [-0.2, -0.15) is 0 Å². The molecule has 3 nitrogen and oxygen atoms in total. The maximum absolute atomic E-state index is 12.5. The molecular weight excluding hydrogens is 262 g/mol. The first-order valence-corrected chi connectivity index (χ1v) is 7.22. The van der Waals surface area contributed by atoms with Gasteiger partial charge in [-0.05, 0) is 37.6 Å². The standard InChI is InChI=1S/C18H19NO2/c1-12-6-8-15(9-7-12)19-10-14-11-21-18-13(2)4-3-5-16(18)17(14)20/h3-9,14,19H,10-11H2,1-2H3. The van der Waals surface area contributed by atoms with E-state index in [2.05, 4.69) is 24.4 Å². The van der Waals surface area contributed by atoms with Crippen molar-refractivity contribution in [3.63, 3.8) is 0 Å². The highest BCUT2D eigenvalue weighted by Crippen LogP contribution is 2.30. The van der Waals surface area contributed by atoms with Gasteiger partial charge in [0.2, 0.25) is 0 Å². The van der Waals surface area contributed by atoms with Gasteiger partial charge in [0.1, 0.15) is 12.4 Å². The molecule has 1 unspecified atom stereocenters. The SMILES string of the molecule is Cc1ccc(NCC2COc3c(C)cccc3C2=O)cc1. The zero-order valence-electron chi connectivity index (χ0n) is 12.3. The van der Waals surface area contributed by atoms with E-state index in [-0.39, 0.29) is 11.7 Å². The van der Waals surface area contributed by atoms with Crippen molar-refractivity contribution in [3.8, 4) is 5.75 Å². The highest BCUT2D eigenvalue weighted by Gasteiger charge is 2.29. The first-order chi connectivity index (χ1) is 10.1. The zero-order valence-corrected chi connectivity index (χ0v) is 12.3. The lowest BCUT2D eigenvalue weighted by molar-refractivity contribution is 0.0842. The second-order valence-electron chi connectivity index (χ2n) is 5.57. The van der Waals surface area contributed by atoms with Crippen LogP contribution < -0.4 is 10.1 Å². The van der Waals surface area contributed by atoms with Crippen LogP contribution in [0.2, 0.25) is 0 Å². The number of hydrogen-bond donors (Lipinski definition) is 1. The van der Waals surface area contributed by atoms with Gasteiger partial charge in [-0.25, -0.2) is 0 Å². The Morgan fingerprint density at radius 1 is 1.14 bits per heavy atom. The third-order valence-electron chi connectivity index (χ3n) is 3.88. The van der Waals surface area contributed by atoms with E-state index >= 15 is 0 Å². The first-order valence-electron chi connectivity index (χ1n) is 7.22. The quantitative estimate of drug-likeness (QED) is 0.934. The lowest BCUT2D eigenvalue weighted by Crippen LogP contribution is -2.33. The normalized spacial score (nSPS) is 17.0. The van der Waals surface area contributed by atoms with Crippen molar-refractivity contribution in [2.45, 2.75) is 13.8 Å². The van der Waals surface area contributed by atoms with E-state index in [1.54, 1.807) is 0 Å². The van der Waals surface area contributed by atoms with Gasteiger partial charge >= 0.3 is 0 Å². The number of ether oxygens (including phenoxy) is 1. The number of ketones is 1. The molecule has 1 atom stereocenters. The van der Waals surface area contributed by atoms with Crippen molar-refractivity contribution in [2.75, 3.05) is 18.5 Å². The van der Waals surface area contributed by atoms with E-state index < -0.39 is 0 Å². The number of carbonyl (C=O) groups excluding carboxylic acids is 1. The zero-order chi connectivity index (χ0) is 14.8. The van der Waals surface area contributed by atoms with E-state index in [1.165, 1.54) is 5.56 Å². The summed E-state index contributed by atoms with van der Waals surface area (Å²) in [6.45, 7) is 5.06. The van der Waals surface area contributed by atoms with Gasteiger partial charge in [0.15, 0.2) is 5.78 Å². The van der Waals surface area contributed by atoms with Gasteiger partial charge in [0.25, 0.3) is 0 Å². The van der Waals surface area contributed by atoms with Crippen LogP contribution in [0.4, 0.5) is 5.69 Å². The molecule has 2 aromatic rings. The molecule has 0 saturated heterocycles. The molecule has 0 aliphatic carbocycles. The molecule has 21 heavy (non-hydrogen) atoms. The van der Waals surface area contributed by atoms with Crippen LogP contribution in [0.15, 0.2) is 42.5 Å². The molecule has 108 valence electrons. The summed E-state index contributed by atoms with van der Waals surface area (Å²) in [5.41, 5.74) is 3.98. The number of rotatable bonds is 3. The van der Waals surface area contributed by atoms with Gasteiger partial charge < -0.3 is 10.1 Å². The van der Waals surface area contributed by atoms with Crippen LogP contribution in [0.1, 0.15) is 21.5 Å². The number of Topliss-reactive ketones (excluding diaryl/α,β-unsaturated/α-hetero) is 1. The molecule has 0 spiro atoms. The smallest absolute Gasteiger partial charge is 0.174 e. The fourth-order valence-electron chi connectivity index (χ4n) is 2.58. The van der Waals surface area contributed by atoms with Crippen molar-refractivity contribution >= 4 is 11.5 Å². The molecule has 0 amide bonds. The van der Waals surface area contributed by atoms with Crippen LogP contribution in [0.5, 0.6) is 5.75 Å².